The van der Waals surface area contributed by atoms with E-state index in [1.807, 2.05) is 48.5 Å². The second kappa shape index (κ2) is 8.09. The molecule has 0 aromatic heterocycles. The zero-order valence-electron chi connectivity index (χ0n) is 15.7. The van der Waals surface area contributed by atoms with Gasteiger partial charge >= 0.3 is 5.97 Å². The smallest absolute Gasteiger partial charge is 0.333 e. The third-order valence-electron chi connectivity index (χ3n) is 4.79. The maximum absolute atomic E-state index is 13.0. The summed E-state index contributed by atoms with van der Waals surface area (Å²) in [5, 5.41) is 0. The molecular weight excluding hydrogens is 434 g/mol. The fraction of sp³-hybridized carbons (Fsp3) is 0.130. The Hall–Kier alpha value is -3.12. The minimum atomic E-state index is -0.863. The first-order chi connectivity index (χ1) is 14.1. The van der Waals surface area contributed by atoms with Crippen molar-refractivity contribution in [2.75, 3.05) is 7.11 Å². The Labute approximate surface area is 177 Å². The quantitative estimate of drug-likeness (QED) is 0.505. The summed E-state index contributed by atoms with van der Waals surface area (Å²) in [7, 11) is 1.32. The van der Waals surface area contributed by atoms with Gasteiger partial charge in [0.1, 0.15) is 11.5 Å². The predicted molar refractivity (Wildman–Crippen MR) is 112 cm³/mol. The summed E-state index contributed by atoms with van der Waals surface area (Å²) in [4.78, 5) is 27.2. The number of rotatable bonds is 5. The molecule has 3 aromatic carbocycles. The average molecular weight is 452 g/mol. The van der Waals surface area contributed by atoms with Gasteiger partial charge in [-0.1, -0.05) is 52.3 Å². The SMILES string of the molecule is COC(=O)C(c1cccc(Oc2ccccc2)c1)N1Cc2ccc(Br)cc2C1=O. The molecule has 3 aromatic rings. The Balaban J connectivity index is 1.67. The number of amides is 1. The number of hydrogen-bond acceptors (Lipinski definition) is 4. The van der Waals surface area contributed by atoms with Crippen LogP contribution in [-0.4, -0.2) is 23.9 Å². The standard InChI is InChI=1S/C23H18BrNO4/c1-28-23(27)21(25-14-16-10-11-17(24)13-20(16)22(25)26)15-6-5-9-19(12-15)29-18-7-3-2-4-8-18/h2-13,21H,14H2,1H3. The van der Waals surface area contributed by atoms with Crippen molar-refractivity contribution >= 4 is 27.8 Å². The molecule has 146 valence electrons. The van der Waals surface area contributed by atoms with Crippen LogP contribution in [0.4, 0.5) is 0 Å². The fourth-order valence-corrected chi connectivity index (χ4v) is 3.79. The number of fused-ring (bicyclic) bond motifs is 1. The maximum atomic E-state index is 13.0. The van der Waals surface area contributed by atoms with Crippen LogP contribution in [0.1, 0.15) is 27.5 Å². The van der Waals surface area contributed by atoms with E-state index >= 15 is 0 Å². The molecule has 0 fully saturated rings. The van der Waals surface area contributed by atoms with Gasteiger partial charge in [0.15, 0.2) is 6.04 Å². The Morgan fingerprint density at radius 2 is 1.76 bits per heavy atom. The zero-order chi connectivity index (χ0) is 20.4. The highest BCUT2D eigenvalue weighted by Crippen LogP contribution is 2.35. The molecule has 0 radical (unpaired) electrons. The molecule has 29 heavy (non-hydrogen) atoms. The van der Waals surface area contributed by atoms with Crippen molar-refractivity contribution in [3.05, 3.63) is 94.0 Å². The minimum Gasteiger partial charge on any atom is -0.467 e. The van der Waals surface area contributed by atoms with E-state index in [1.165, 1.54) is 12.0 Å². The van der Waals surface area contributed by atoms with Crippen molar-refractivity contribution in [1.82, 2.24) is 4.90 Å². The van der Waals surface area contributed by atoms with Crippen LogP contribution >= 0.6 is 15.9 Å². The van der Waals surface area contributed by atoms with Crippen LogP contribution in [0, 0.1) is 0 Å². The Kier molecular flexibility index (Phi) is 5.36. The number of ether oxygens (including phenoxy) is 2. The van der Waals surface area contributed by atoms with Crippen LogP contribution in [0.15, 0.2) is 77.3 Å². The van der Waals surface area contributed by atoms with E-state index in [0.717, 1.165) is 10.0 Å². The summed E-state index contributed by atoms with van der Waals surface area (Å²) in [6.07, 6.45) is 0. The molecular formula is C23H18BrNO4. The van der Waals surface area contributed by atoms with Crippen LogP contribution in [-0.2, 0) is 16.1 Å². The molecule has 0 bridgehead atoms. The van der Waals surface area contributed by atoms with E-state index < -0.39 is 12.0 Å². The third kappa shape index (κ3) is 3.89. The minimum absolute atomic E-state index is 0.203. The maximum Gasteiger partial charge on any atom is 0.333 e. The van der Waals surface area contributed by atoms with Gasteiger partial charge in [0.05, 0.1) is 7.11 Å². The van der Waals surface area contributed by atoms with Crippen LogP contribution in [0.2, 0.25) is 0 Å². The molecule has 1 heterocycles. The van der Waals surface area contributed by atoms with E-state index in [-0.39, 0.29) is 5.91 Å². The topological polar surface area (TPSA) is 55.8 Å². The Bertz CT molecular complexity index is 1070. The van der Waals surface area contributed by atoms with E-state index in [1.54, 1.807) is 24.3 Å². The number of hydrogen-bond donors (Lipinski definition) is 0. The Morgan fingerprint density at radius 1 is 1.00 bits per heavy atom. The number of para-hydroxylation sites is 1. The van der Waals surface area contributed by atoms with Crippen molar-refractivity contribution in [3.63, 3.8) is 0 Å². The summed E-state index contributed by atoms with van der Waals surface area (Å²) in [6.45, 7) is 0.338. The first-order valence-electron chi connectivity index (χ1n) is 9.07. The van der Waals surface area contributed by atoms with Gasteiger partial charge in [0.25, 0.3) is 5.91 Å². The molecule has 0 saturated carbocycles. The van der Waals surface area contributed by atoms with Gasteiger partial charge in [-0.15, -0.1) is 0 Å². The highest BCUT2D eigenvalue weighted by molar-refractivity contribution is 9.10. The molecule has 4 rings (SSSR count). The Morgan fingerprint density at radius 3 is 2.52 bits per heavy atom. The molecule has 0 spiro atoms. The summed E-state index contributed by atoms with van der Waals surface area (Å²) in [5.74, 6) is 0.566. The normalized spacial score (nSPS) is 13.7. The van der Waals surface area contributed by atoms with Gasteiger partial charge in [-0.25, -0.2) is 4.79 Å². The highest BCUT2D eigenvalue weighted by Gasteiger charge is 2.38. The number of nitrogens with zero attached hydrogens (tertiary/aromatic N) is 1. The van der Waals surface area contributed by atoms with Gasteiger partial charge in [0, 0.05) is 16.6 Å². The largest absolute Gasteiger partial charge is 0.467 e. The van der Waals surface area contributed by atoms with Crippen molar-refractivity contribution in [1.29, 1.82) is 0 Å². The van der Waals surface area contributed by atoms with E-state index in [2.05, 4.69) is 15.9 Å². The highest BCUT2D eigenvalue weighted by atomic mass is 79.9. The van der Waals surface area contributed by atoms with Crippen LogP contribution in [0.5, 0.6) is 11.5 Å². The first kappa shape index (κ1) is 19.2. The molecule has 1 unspecified atom stereocenters. The van der Waals surface area contributed by atoms with Gasteiger partial charge in [-0.3, -0.25) is 4.79 Å². The second-order valence-electron chi connectivity index (χ2n) is 6.65. The number of esters is 1. The number of carbonyl (C=O) groups excluding carboxylic acids is 2. The van der Waals surface area contributed by atoms with Crippen molar-refractivity contribution in [3.8, 4) is 11.5 Å². The molecule has 1 aliphatic heterocycles. The van der Waals surface area contributed by atoms with Crippen LogP contribution in [0.3, 0.4) is 0 Å². The lowest BCUT2D eigenvalue weighted by Gasteiger charge is -2.26. The van der Waals surface area contributed by atoms with Crippen LogP contribution < -0.4 is 4.74 Å². The summed E-state index contributed by atoms with van der Waals surface area (Å²) in [5.41, 5.74) is 2.10. The van der Waals surface area contributed by atoms with Crippen molar-refractivity contribution < 1.29 is 19.1 Å². The average Bonchev–Trinajstić information content (AvgIpc) is 3.05. The van der Waals surface area contributed by atoms with Gasteiger partial charge in [-0.2, -0.15) is 0 Å². The number of halogens is 1. The molecule has 0 aliphatic carbocycles. The number of methoxy groups -OCH3 is 1. The van der Waals surface area contributed by atoms with Gasteiger partial charge in [0.2, 0.25) is 0 Å². The lowest BCUT2D eigenvalue weighted by atomic mass is 10.0. The summed E-state index contributed by atoms with van der Waals surface area (Å²) >= 11 is 3.40. The first-order valence-corrected chi connectivity index (χ1v) is 9.86. The lowest BCUT2D eigenvalue weighted by Crippen LogP contribution is -2.35. The summed E-state index contributed by atoms with van der Waals surface area (Å²) in [6, 6.07) is 21.2. The summed E-state index contributed by atoms with van der Waals surface area (Å²) < 4.78 is 11.7. The fourth-order valence-electron chi connectivity index (χ4n) is 3.43. The predicted octanol–water partition coefficient (Wildman–Crippen LogP) is 5.11. The van der Waals surface area contributed by atoms with Crippen LogP contribution in [0.25, 0.3) is 0 Å². The lowest BCUT2D eigenvalue weighted by molar-refractivity contribution is -0.146. The van der Waals surface area contributed by atoms with Gasteiger partial charge in [-0.05, 0) is 47.5 Å². The molecule has 5 nitrogen and oxygen atoms in total. The number of carbonyl (C=O) groups is 2. The monoisotopic (exact) mass is 451 g/mol. The van der Waals surface area contributed by atoms with E-state index in [4.69, 9.17) is 9.47 Å². The van der Waals surface area contributed by atoms with Gasteiger partial charge < -0.3 is 14.4 Å². The van der Waals surface area contributed by atoms with Crippen molar-refractivity contribution in [2.24, 2.45) is 0 Å². The van der Waals surface area contributed by atoms with Crippen molar-refractivity contribution in [2.45, 2.75) is 12.6 Å². The molecule has 1 amide bonds. The van der Waals surface area contributed by atoms with E-state index in [9.17, 15) is 9.59 Å². The molecule has 1 aliphatic rings. The molecule has 0 N–H and O–H groups in total. The second-order valence-corrected chi connectivity index (χ2v) is 7.56. The zero-order valence-corrected chi connectivity index (χ0v) is 17.3. The number of benzene rings is 3. The third-order valence-corrected chi connectivity index (χ3v) is 5.29. The molecule has 6 heteroatoms. The molecule has 1 atom stereocenters. The van der Waals surface area contributed by atoms with E-state index in [0.29, 0.717) is 29.2 Å². The molecule has 0 saturated heterocycles.